The number of nitrogens with one attached hydrogen (secondary N) is 1. The maximum Gasteiger partial charge on any atom is 0.146 e. The molecular formula is C16H34N2O2. The predicted molar refractivity (Wildman–Crippen MR) is 84.9 cm³/mol. The second-order valence-corrected chi connectivity index (χ2v) is 5.84. The van der Waals surface area contributed by atoms with Gasteiger partial charge in [-0.15, -0.1) is 0 Å². The quantitative estimate of drug-likeness (QED) is 0.454. The molecule has 4 nitrogen and oxygen atoms in total. The summed E-state index contributed by atoms with van der Waals surface area (Å²) in [6, 6.07) is 0. The van der Waals surface area contributed by atoms with Crippen LogP contribution in [0.5, 0.6) is 0 Å². The van der Waals surface area contributed by atoms with Gasteiger partial charge in [0.2, 0.25) is 0 Å². The van der Waals surface area contributed by atoms with Gasteiger partial charge >= 0.3 is 0 Å². The summed E-state index contributed by atoms with van der Waals surface area (Å²) < 4.78 is 5.55. The lowest BCUT2D eigenvalue weighted by molar-refractivity contribution is -0.118. The molecule has 0 fully saturated rings. The number of ketones is 1. The van der Waals surface area contributed by atoms with Gasteiger partial charge in [-0.05, 0) is 57.5 Å². The maximum absolute atomic E-state index is 11.4. The Morgan fingerprint density at radius 2 is 1.70 bits per heavy atom. The highest BCUT2D eigenvalue weighted by Gasteiger charge is 2.03. The molecule has 0 unspecified atom stereocenters. The molecule has 120 valence electrons. The second-order valence-electron chi connectivity index (χ2n) is 5.84. The normalized spacial score (nSPS) is 11.2. The van der Waals surface area contributed by atoms with Gasteiger partial charge in [0.15, 0.2) is 0 Å². The molecule has 3 N–H and O–H groups in total. The summed E-state index contributed by atoms with van der Waals surface area (Å²) in [5.74, 6) is 0.784. The molecule has 0 saturated carbocycles. The summed E-state index contributed by atoms with van der Waals surface area (Å²) in [4.78, 5) is 11.4. The maximum atomic E-state index is 11.4. The lowest BCUT2D eigenvalue weighted by atomic mass is 10.1. The van der Waals surface area contributed by atoms with E-state index in [9.17, 15) is 4.79 Å². The Kier molecular flexibility index (Phi) is 14.6. The first-order valence-corrected chi connectivity index (χ1v) is 8.17. The molecule has 0 amide bonds. The summed E-state index contributed by atoms with van der Waals surface area (Å²) in [6.07, 6.45) is 7.47. The molecule has 0 aromatic rings. The summed E-state index contributed by atoms with van der Waals surface area (Å²) in [5.41, 5.74) is 5.42. The van der Waals surface area contributed by atoms with Gasteiger partial charge in [0, 0.05) is 19.6 Å². The first-order chi connectivity index (χ1) is 9.66. The van der Waals surface area contributed by atoms with Crippen molar-refractivity contribution in [1.82, 2.24) is 5.32 Å². The molecule has 0 saturated heterocycles. The Bertz CT molecular complexity index is 221. The van der Waals surface area contributed by atoms with E-state index in [1.54, 1.807) is 0 Å². The zero-order valence-corrected chi connectivity index (χ0v) is 13.5. The molecule has 0 spiro atoms. The molecule has 0 aliphatic heterocycles. The van der Waals surface area contributed by atoms with Crippen molar-refractivity contribution in [3.8, 4) is 0 Å². The minimum absolute atomic E-state index is 0.320. The molecule has 0 aliphatic rings. The van der Waals surface area contributed by atoms with Crippen molar-refractivity contribution < 1.29 is 9.53 Å². The highest BCUT2D eigenvalue weighted by Crippen LogP contribution is 2.00. The highest BCUT2D eigenvalue weighted by atomic mass is 16.5. The number of carbonyl (C=O) groups is 1. The smallest absolute Gasteiger partial charge is 0.146 e. The fraction of sp³-hybridized carbons (Fsp3) is 0.938. The Morgan fingerprint density at radius 1 is 1.05 bits per heavy atom. The van der Waals surface area contributed by atoms with E-state index in [0.29, 0.717) is 24.7 Å². The summed E-state index contributed by atoms with van der Waals surface area (Å²) in [6.45, 7) is 8.11. The Morgan fingerprint density at radius 3 is 2.30 bits per heavy atom. The van der Waals surface area contributed by atoms with Crippen molar-refractivity contribution in [3.05, 3.63) is 0 Å². The monoisotopic (exact) mass is 286 g/mol. The summed E-state index contributed by atoms with van der Waals surface area (Å²) in [7, 11) is 0. The van der Waals surface area contributed by atoms with Gasteiger partial charge in [-0.1, -0.05) is 13.8 Å². The summed E-state index contributed by atoms with van der Waals surface area (Å²) in [5, 5.41) is 3.21. The molecule has 20 heavy (non-hydrogen) atoms. The fourth-order valence-electron chi connectivity index (χ4n) is 2.01. The first kappa shape index (κ1) is 19.6. The molecule has 0 aromatic carbocycles. The number of hydrogen-bond donors (Lipinski definition) is 2. The third-order valence-corrected chi connectivity index (χ3v) is 3.09. The van der Waals surface area contributed by atoms with E-state index in [1.165, 1.54) is 6.42 Å². The van der Waals surface area contributed by atoms with E-state index < -0.39 is 0 Å². The lowest BCUT2D eigenvalue weighted by Gasteiger charge is -2.06. The van der Waals surface area contributed by atoms with Crippen LogP contribution in [0.15, 0.2) is 0 Å². The standard InChI is InChI=1S/C16H34N2O2/c1-15(2)13-16(19)14-18-10-6-4-8-12-20-11-7-3-5-9-17/h15,18H,3-14,17H2,1-2H3. The second kappa shape index (κ2) is 14.9. The van der Waals surface area contributed by atoms with Crippen LogP contribution in [0.25, 0.3) is 0 Å². The molecule has 0 rings (SSSR count). The number of rotatable bonds is 15. The van der Waals surface area contributed by atoms with Gasteiger partial charge in [-0.25, -0.2) is 0 Å². The Balaban J connectivity index is 3.08. The number of unbranched alkanes of at least 4 members (excludes halogenated alkanes) is 4. The van der Waals surface area contributed by atoms with Crippen LogP contribution in [0.3, 0.4) is 0 Å². The van der Waals surface area contributed by atoms with Crippen LogP contribution >= 0.6 is 0 Å². The van der Waals surface area contributed by atoms with Crippen LogP contribution in [-0.2, 0) is 9.53 Å². The van der Waals surface area contributed by atoms with Crippen molar-refractivity contribution in [2.75, 3.05) is 32.8 Å². The highest BCUT2D eigenvalue weighted by molar-refractivity contribution is 5.80. The van der Waals surface area contributed by atoms with Crippen LogP contribution in [0.2, 0.25) is 0 Å². The van der Waals surface area contributed by atoms with E-state index in [-0.39, 0.29) is 0 Å². The van der Waals surface area contributed by atoms with E-state index in [4.69, 9.17) is 10.5 Å². The first-order valence-electron chi connectivity index (χ1n) is 8.17. The average molecular weight is 286 g/mol. The molecular weight excluding hydrogens is 252 g/mol. The van der Waals surface area contributed by atoms with Crippen molar-refractivity contribution >= 4 is 5.78 Å². The number of ether oxygens (including phenoxy) is 1. The van der Waals surface area contributed by atoms with Crippen LogP contribution in [-0.4, -0.2) is 38.6 Å². The van der Waals surface area contributed by atoms with Crippen LogP contribution in [0.1, 0.15) is 58.8 Å². The third-order valence-electron chi connectivity index (χ3n) is 3.09. The molecule has 0 bridgehead atoms. The molecule has 0 radical (unpaired) electrons. The molecule has 0 aliphatic carbocycles. The van der Waals surface area contributed by atoms with Crippen molar-refractivity contribution in [1.29, 1.82) is 0 Å². The molecule has 4 heteroatoms. The van der Waals surface area contributed by atoms with Crippen LogP contribution < -0.4 is 11.1 Å². The van der Waals surface area contributed by atoms with Gasteiger partial charge in [0.25, 0.3) is 0 Å². The Hall–Kier alpha value is -0.450. The van der Waals surface area contributed by atoms with Crippen molar-refractivity contribution in [2.24, 2.45) is 11.7 Å². The SMILES string of the molecule is CC(C)CC(=O)CNCCCCCOCCCCCN. The zero-order chi connectivity index (χ0) is 15.1. The van der Waals surface area contributed by atoms with Crippen LogP contribution in [0, 0.1) is 5.92 Å². The fourth-order valence-corrected chi connectivity index (χ4v) is 2.01. The van der Waals surface area contributed by atoms with Crippen molar-refractivity contribution in [2.45, 2.75) is 58.8 Å². The van der Waals surface area contributed by atoms with Gasteiger partial charge in [-0.2, -0.15) is 0 Å². The predicted octanol–water partition coefficient (Wildman–Crippen LogP) is 2.51. The molecule has 0 heterocycles. The van der Waals surface area contributed by atoms with Gasteiger partial charge in [0.05, 0.1) is 6.54 Å². The van der Waals surface area contributed by atoms with Gasteiger partial charge in [0.1, 0.15) is 5.78 Å². The molecule has 0 atom stereocenters. The van der Waals surface area contributed by atoms with Gasteiger partial charge in [-0.3, -0.25) is 4.79 Å². The van der Waals surface area contributed by atoms with Gasteiger partial charge < -0.3 is 15.8 Å². The minimum Gasteiger partial charge on any atom is -0.381 e. The Labute approximate surface area is 124 Å². The largest absolute Gasteiger partial charge is 0.381 e. The van der Waals surface area contributed by atoms with E-state index in [1.807, 2.05) is 0 Å². The lowest BCUT2D eigenvalue weighted by Crippen LogP contribution is -2.24. The summed E-state index contributed by atoms with van der Waals surface area (Å²) >= 11 is 0. The number of Topliss-reactive ketones (excluding diaryl/α,β-unsaturated/α-hetero) is 1. The zero-order valence-electron chi connectivity index (χ0n) is 13.5. The minimum atomic E-state index is 0.320. The number of carbonyl (C=O) groups excluding carboxylic acids is 1. The number of hydrogen-bond acceptors (Lipinski definition) is 4. The average Bonchev–Trinajstić information content (AvgIpc) is 2.39. The topological polar surface area (TPSA) is 64.3 Å². The van der Waals surface area contributed by atoms with E-state index in [2.05, 4.69) is 19.2 Å². The molecule has 0 aromatic heterocycles. The van der Waals surface area contributed by atoms with E-state index in [0.717, 1.165) is 58.4 Å². The third kappa shape index (κ3) is 15.6. The number of nitrogens with two attached hydrogens (primary N) is 1. The van der Waals surface area contributed by atoms with E-state index >= 15 is 0 Å². The van der Waals surface area contributed by atoms with Crippen molar-refractivity contribution in [3.63, 3.8) is 0 Å². The van der Waals surface area contributed by atoms with Crippen LogP contribution in [0.4, 0.5) is 0 Å².